The third kappa shape index (κ3) is 1.89. The van der Waals surface area contributed by atoms with Gasteiger partial charge in [0.1, 0.15) is 17.2 Å². The molecule has 0 heterocycles. The van der Waals surface area contributed by atoms with Crippen molar-refractivity contribution in [1.29, 1.82) is 0 Å². The van der Waals surface area contributed by atoms with Crippen LogP contribution in [0.2, 0.25) is 0 Å². The van der Waals surface area contributed by atoms with Crippen LogP contribution in [0.4, 0.5) is 0 Å². The van der Waals surface area contributed by atoms with Crippen LogP contribution in [0.15, 0.2) is 18.2 Å². The maximum Gasteiger partial charge on any atom is 0.122 e. The van der Waals surface area contributed by atoms with Crippen molar-refractivity contribution in [2.45, 2.75) is 0 Å². The highest BCUT2D eigenvalue weighted by Gasteiger charge is 1.94. The zero-order valence-corrected chi connectivity index (χ0v) is 5.15. The summed E-state index contributed by atoms with van der Waals surface area (Å²) in [6, 6.07) is 3.42. The van der Waals surface area contributed by atoms with Gasteiger partial charge in [0, 0.05) is 26.6 Å². The molecular weight excluding hydrogens is 131 g/mol. The third-order valence-corrected chi connectivity index (χ3v) is 0.887. The van der Waals surface area contributed by atoms with Crippen LogP contribution in [-0.4, -0.2) is 23.7 Å². The van der Waals surface area contributed by atoms with E-state index in [1.165, 1.54) is 0 Å². The Hall–Kier alpha value is -1.32. The number of aromatic hydroxyl groups is 3. The lowest BCUT2D eigenvalue weighted by molar-refractivity contribution is 0.428. The second-order valence-corrected chi connectivity index (χ2v) is 1.71. The molecule has 0 saturated carbocycles. The predicted octanol–water partition coefficient (Wildman–Crippen LogP) is 0.423. The SMILES string of the molecule is Oc1cc(O)cc(O)c1.[B]. The molecule has 0 atom stereocenters. The fraction of sp³-hybridized carbons (Fsp3) is 0. The monoisotopic (exact) mass is 137 g/mol. The summed E-state index contributed by atoms with van der Waals surface area (Å²) in [5, 5.41) is 26.0. The van der Waals surface area contributed by atoms with Crippen molar-refractivity contribution >= 4 is 8.41 Å². The molecule has 0 saturated heterocycles. The van der Waals surface area contributed by atoms with Crippen LogP contribution in [0, 0.1) is 0 Å². The first-order chi connectivity index (χ1) is 4.18. The second-order valence-electron chi connectivity index (χ2n) is 1.71. The summed E-state index contributed by atoms with van der Waals surface area (Å²) in [6.45, 7) is 0. The highest BCUT2D eigenvalue weighted by Crippen LogP contribution is 2.23. The number of hydrogen-bond donors (Lipinski definition) is 3. The van der Waals surface area contributed by atoms with Gasteiger partial charge in [-0.15, -0.1) is 0 Å². The molecule has 0 fully saturated rings. The van der Waals surface area contributed by atoms with Gasteiger partial charge < -0.3 is 15.3 Å². The highest BCUT2D eigenvalue weighted by molar-refractivity contribution is 5.75. The van der Waals surface area contributed by atoms with Crippen molar-refractivity contribution in [3.8, 4) is 17.2 Å². The Balaban J connectivity index is 0.000000810. The molecule has 0 spiro atoms. The second kappa shape index (κ2) is 3.01. The molecule has 0 unspecified atom stereocenters. The van der Waals surface area contributed by atoms with Crippen molar-refractivity contribution in [2.24, 2.45) is 0 Å². The minimum Gasteiger partial charge on any atom is -0.508 e. The molecule has 10 heavy (non-hydrogen) atoms. The molecule has 0 bridgehead atoms. The van der Waals surface area contributed by atoms with Crippen molar-refractivity contribution in [3.05, 3.63) is 18.2 Å². The Morgan fingerprint density at radius 1 is 0.700 bits per heavy atom. The van der Waals surface area contributed by atoms with Gasteiger partial charge in [-0.1, -0.05) is 0 Å². The molecule has 0 aliphatic heterocycles. The molecule has 0 aromatic heterocycles. The van der Waals surface area contributed by atoms with Gasteiger partial charge in [0.2, 0.25) is 0 Å². The molecule has 1 aromatic carbocycles. The number of benzene rings is 1. The van der Waals surface area contributed by atoms with Gasteiger partial charge >= 0.3 is 0 Å². The van der Waals surface area contributed by atoms with Crippen molar-refractivity contribution in [3.63, 3.8) is 0 Å². The molecule has 1 rings (SSSR count). The van der Waals surface area contributed by atoms with E-state index >= 15 is 0 Å². The van der Waals surface area contributed by atoms with Gasteiger partial charge in [-0.25, -0.2) is 0 Å². The Labute approximate surface area is 60.1 Å². The molecule has 0 aliphatic carbocycles. The van der Waals surface area contributed by atoms with E-state index in [0.29, 0.717) is 0 Å². The summed E-state index contributed by atoms with van der Waals surface area (Å²) in [5.74, 6) is -0.437. The summed E-state index contributed by atoms with van der Waals surface area (Å²) < 4.78 is 0. The molecule has 3 radical (unpaired) electrons. The van der Waals surface area contributed by atoms with E-state index in [1.807, 2.05) is 0 Å². The molecule has 3 nitrogen and oxygen atoms in total. The topological polar surface area (TPSA) is 60.7 Å². The standard InChI is InChI=1S/C6H6O3.B/c7-4-1-5(8)3-6(9)2-4;/h1-3,7-9H;. The number of rotatable bonds is 0. The van der Waals surface area contributed by atoms with E-state index in [-0.39, 0.29) is 25.7 Å². The minimum absolute atomic E-state index is 0. The summed E-state index contributed by atoms with van der Waals surface area (Å²) in [6.07, 6.45) is 0. The quantitative estimate of drug-likeness (QED) is 0.454. The van der Waals surface area contributed by atoms with Gasteiger partial charge in [0.05, 0.1) is 0 Å². The normalized spacial score (nSPS) is 8.40. The van der Waals surface area contributed by atoms with Crippen molar-refractivity contribution in [2.75, 3.05) is 0 Å². The van der Waals surface area contributed by atoms with Gasteiger partial charge in [0.15, 0.2) is 0 Å². The molecular formula is C6H6BO3. The van der Waals surface area contributed by atoms with Crippen molar-refractivity contribution in [1.82, 2.24) is 0 Å². The summed E-state index contributed by atoms with van der Waals surface area (Å²) in [4.78, 5) is 0. The Morgan fingerprint density at radius 3 is 1.10 bits per heavy atom. The van der Waals surface area contributed by atoms with E-state index in [0.717, 1.165) is 18.2 Å². The summed E-state index contributed by atoms with van der Waals surface area (Å²) >= 11 is 0. The van der Waals surface area contributed by atoms with Crippen LogP contribution in [0.25, 0.3) is 0 Å². The van der Waals surface area contributed by atoms with Gasteiger partial charge in [-0.05, 0) is 0 Å². The van der Waals surface area contributed by atoms with E-state index in [2.05, 4.69) is 0 Å². The number of hydrogen-bond acceptors (Lipinski definition) is 3. The molecule has 0 amide bonds. The first-order valence-electron chi connectivity index (χ1n) is 2.40. The van der Waals surface area contributed by atoms with E-state index < -0.39 is 0 Å². The van der Waals surface area contributed by atoms with Gasteiger partial charge in [-0.3, -0.25) is 0 Å². The van der Waals surface area contributed by atoms with Gasteiger partial charge in [0.25, 0.3) is 0 Å². The smallest absolute Gasteiger partial charge is 0.122 e. The Morgan fingerprint density at radius 2 is 0.900 bits per heavy atom. The number of phenolic OH excluding ortho intramolecular Hbond substituents is 3. The fourth-order valence-electron chi connectivity index (χ4n) is 0.580. The largest absolute Gasteiger partial charge is 0.508 e. The van der Waals surface area contributed by atoms with Crippen LogP contribution < -0.4 is 0 Å². The van der Waals surface area contributed by atoms with E-state index in [1.54, 1.807) is 0 Å². The zero-order valence-electron chi connectivity index (χ0n) is 5.15. The summed E-state index contributed by atoms with van der Waals surface area (Å²) in [5.41, 5.74) is 0. The maximum absolute atomic E-state index is 8.67. The first-order valence-corrected chi connectivity index (χ1v) is 2.40. The molecule has 1 aromatic rings. The van der Waals surface area contributed by atoms with Crippen LogP contribution in [-0.2, 0) is 0 Å². The Kier molecular flexibility index (Phi) is 2.61. The average Bonchev–Trinajstić information content (AvgIpc) is 1.59. The van der Waals surface area contributed by atoms with E-state index in [4.69, 9.17) is 15.3 Å². The van der Waals surface area contributed by atoms with E-state index in [9.17, 15) is 0 Å². The predicted molar refractivity (Wildman–Crippen MR) is 37.2 cm³/mol. The number of phenols is 3. The first kappa shape index (κ1) is 8.68. The van der Waals surface area contributed by atoms with Crippen LogP contribution in [0.3, 0.4) is 0 Å². The fourth-order valence-corrected chi connectivity index (χ4v) is 0.580. The maximum atomic E-state index is 8.67. The molecule has 4 heteroatoms. The zero-order chi connectivity index (χ0) is 6.85. The average molecular weight is 137 g/mol. The molecule has 0 aliphatic rings. The van der Waals surface area contributed by atoms with Crippen molar-refractivity contribution < 1.29 is 15.3 Å². The van der Waals surface area contributed by atoms with Crippen LogP contribution in [0.1, 0.15) is 0 Å². The van der Waals surface area contributed by atoms with Crippen LogP contribution >= 0.6 is 0 Å². The third-order valence-electron chi connectivity index (χ3n) is 0.887. The lowest BCUT2D eigenvalue weighted by Crippen LogP contribution is -1.66. The molecule has 51 valence electrons. The lowest BCUT2D eigenvalue weighted by atomic mass is 10.3. The van der Waals surface area contributed by atoms with Crippen LogP contribution in [0.5, 0.6) is 17.2 Å². The minimum atomic E-state index is -0.146. The molecule has 3 N–H and O–H groups in total. The summed E-state index contributed by atoms with van der Waals surface area (Å²) in [7, 11) is 0. The van der Waals surface area contributed by atoms with Gasteiger partial charge in [-0.2, -0.15) is 0 Å². The lowest BCUT2D eigenvalue weighted by Gasteiger charge is -1.94. The Bertz CT molecular complexity index is 174. The highest BCUT2D eigenvalue weighted by atomic mass is 16.3.